The van der Waals surface area contributed by atoms with E-state index >= 15 is 0 Å². The molecule has 3 atom stereocenters. The van der Waals surface area contributed by atoms with Crippen molar-refractivity contribution in [1.29, 1.82) is 0 Å². The summed E-state index contributed by atoms with van der Waals surface area (Å²) >= 11 is 0. The lowest BCUT2D eigenvalue weighted by Crippen LogP contribution is -2.64. The molecule has 0 spiro atoms. The third-order valence-electron chi connectivity index (χ3n) is 5.91. The van der Waals surface area contributed by atoms with Crippen LogP contribution in [0.25, 0.3) is 0 Å². The Morgan fingerprint density at radius 1 is 1.26 bits per heavy atom. The molecule has 4 saturated carbocycles. The van der Waals surface area contributed by atoms with Crippen LogP contribution in [0.15, 0.2) is 0 Å². The second kappa shape index (κ2) is 4.99. The van der Waals surface area contributed by atoms with Gasteiger partial charge < -0.3 is 10.1 Å². The highest BCUT2D eigenvalue weighted by Crippen LogP contribution is 2.58. The van der Waals surface area contributed by atoms with E-state index in [1.165, 1.54) is 32.1 Å². The zero-order chi connectivity index (χ0) is 13.5. The van der Waals surface area contributed by atoms with Crippen molar-refractivity contribution in [3.8, 4) is 0 Å². The van der Waals surface area contributed by atoms with Gasteiger partial charge in [0, 0.05) is 5.54 Å². The Morgan fingerprint density at radius 3 is 2.58 bits per heavy atom. The number of ether oxygens (including phenoxy) is 1. The molecule has 3 nitrogen and oxygen atoms in total. The molecule has 4 bridgehead atoms. The van der Waals surface area contributed by atoms with Crippen LogP contribution in [0.4, 0.5) is 4.79 Å². The zero-order valence-corrected chi connectivity index (χ0v) is 12.3. The summed E-state index contributed by atoms with van der Waals surface area (Å²) in [6, 6.07) is 0. The number of alkyl carbamates (subject to hydrolysis) is 1. The molecule has 108 valence electrons. The Labute approximate surface area is 116 Å². The van der Waals surface area contributed by atoms with Crippen molar-refractivity contribution in [2.75, 3.05) is 6.61 Å². The summed E-state index contributed by atoms with van der Waals surface area (Å²) in [6.45, 7) is 5.01. The summed E-state index contributed by atoms with van der Waals surface area (Å²) in [6.07, 6.45) is 8.41. The van der Waals surface area contributed by atoms with Gasteiger partial charge in [0.15, 0.2) is 0 Å². The molecular weight excluding hydrogens is 238 g/mol. The predicted molar refractivity (Wildman–Crippen MR) is 74.8 cm³/mol. The van der Waals surface area contributed by atoms with Crippen molar-refractivity contribution in [2.24, 2.45) is 23.7 Å². The van der Waals surface area contributed by atoms with Gasteiger partial charge in [-0.05, 0) is 62.2 Å². The predicted octanol–water partition coefficient (Wildman–Crippen LogP) is 3.73. The highest BCUT2D eigenvalue weighted by molar-refractivity contribution is 5.68. The standard InChI is InChI=1S/C16H27NO2/c1-3-4-5-19-15(18)17-16-9-12-6-13(10-16)8-14(7-12)11(16)2/h11-14H,3-10H2,1-2H3,(H,17,18). The number of amides is 1. The number of unbranched alkanes of at least 4 members (excludes halogenated alkanes) is 1. The monoisotopic (exact) mass is 265 g/mol. The normalized spacial score (nSPS) is 43.3. The van der Waals surface area contributed by atoms with Gasteiger partial charge in [-0.3, -0.25) is 0 Å². The van der Waals surface area contributed by atoms with E-state index in [1.54, 1.807) is 0 Å². The van der Waals surface area contributed by atoms with Crippen molar-refractivity contribution in [3.05, 3.63) is 0 Å². The van der Waals surface area contributed by atoms with E-state index in [2.05, 4.69) is 19.2 Å². The first-order valence-corrected chi connectivity index (χ1v) is 8.08. The fraction of sp³-hybridized carbons (Fsp3) is 0.938. The molecule has 0 radical (unpaired) electrons. The summed E-state index contributed by atoms with van der Waals surface area (Å²) in [5.41, 5.74) is 0.0536. The van der Waals surface area contributed by atoms with Crippen molar-refractivity contribution in [1.82, 2.24) is 5.32 Å². The van der Waals surface area contributed by atoms with Crippen LogP contribution in [0.1, 0.15) is 58.8 Å². The highest BCUT2D eigenvalue weighted by Gasteiger charge is 2.56. The lowest BCUT2D eigenvalue weighted by molar-refractivity contribution is -0.0644. The van der Waals surface area contributed by atoms with Gasteiger partial charge in [0.1, 0.15) is 0 Å². The van der Waals surface area contributed by atoms with E-state index < -0.39 is 0 Å². The van der Waals surface area contributed by atoms with Gasteiger partial charge in [-0.1, -0.05) is 20.3 Å². The quantitative estimate of drug-likeness (QED) is 0.787. The molecule has 4 rings (SSSR count). The first-order chi connectivity index (χ1) is 9.13. The number of hydrogen-bond donors (Lipinski definition) is 1. The molecule has 0 aliphatic heterocycles. The first-order valence-electron chi connectivity index (χ1n) is 8.08. The summed E-state index contributed by atoms with van der Waals surface area (Å²) < 4.78 is 5.32. The Balaban J connectivity index is 1.64. The van der Waals surface area contributed by atoms with Crippen LogP contribution in [0, 0.1) is 23.7 Å². The SMILES string of the molecule is CCCCOC(=O)NC12CC3CC(CC(C3)C1C)C2. The van der Waals surface area contributed by atoms with Crippen LogP contribution in [-0.4, -0.2) is 18.2 Å². The molecule has 0 aromatic carbocycles. The van der Waals surface area contributed by atoms with Gasteiger partial charge in [0.05, 0.1) is 6.61 Å². The maximum atomic E-state index is 12.0. The van der Waals surface area contributed by atoms with Gasteiger partial charge in [-0.15, -0.1) is 0 Å². The molecule has 4 aliphatic rings. The molecule has 1 amide bonds. The maximum Gasteiger partial charge on any atom is 0.407 e. The van der Waals surface area contributed by atoms with Crippen LogP contribution in [0.2, 0.25) is 0 Å². The van der Waals surface area contributed by atoms with Crippen LogP contribution in [0.3, 0.4) is 0 Å². The lowest BCUT2D eigenvalue weighted by atomic mass is 9.49. The number of nitrogens with one attached hydrogen (secondary N) is 1. The van der Waals surface area contributed by atoms with Crippen molar-refractivity contribution in [3.63, 3.8) is 0 Å². The topological polar surface area (TPSA) is 38.3 Å². The van der Waals surface area contributed by atoms with E-state index in [0.717, 1.165) is 30.6 Å². The Hall–Kier alpha value is -0.730. The molecule has 19 heavy (non-hydrogen) atoms. The lowest BCUT2D eigenvalue weighted by Gasteiger charge is -2.60. The van der Waals surface area contributed by atoms with E-state index in [4.69, 9.17) is 4.74 Å². The molecule has 1 N–H and O–H groups in total. The van der Waals surface area contributed by atoms with Crippen molar-refractivity contribution >= 4 is 6.09 Å². The first kappa shape index (κ1) is 13.3. The molecule has 0 heterocycles. The van der Waals surface area contributed by atoms with Gasteiger partial charge >= 0.3 is 6.09 Å². The average Bonchev–Trinajstić information content (AvgIpc) is 2.35. The van der Waals surface area contributed by atoms with Crippen LogP contribution in [-0.2, 0) is 4.74 Å². The second-order valence-corrected chi connectivity index (χ2v) is 7.17. The Morgan fingerprint density at radius 2 is 1.95 bits per heavy atom. The van der Waals surface area contributed by atoms with Crippen LogP contribution in [0.5, 0.6) is 0 Å². The largest absolute Gasteiger partial charge is 0.450 e. The summed E-state index contributed by atoms with van der Waals surface area (Å²) in [5.74, 6) is 3.16. The molecule has 4 aliphatic carbocycles. The number of carbonyl (C=O) groups excluding carboxylic acids is 1. The molecule has 4 fully saturated rings. The van der Waals surface area contributed by atoms with E-state index in [-0.39, 0.29) is 11.6 Å². The van der Waals surface area contributed by atoms with Gasteiger partial charge in [0.25, 0.3) is 0 Å². The van der Waals surface area contributed by atoms with Crippen LogP contribution >= 0.6 is 0 Å². The molecule has 3 heteroatoms. The van der Waals surface area contributed by atoms with Gasteiger partial charge in [0.2, 0.25) is 0 Å². The summed E-state index contributed by atoms with van der Waals surface area (Å²) in [7, 11) is 0. The Bertz CT molecular complexity index is 341. The second-order valence-electron chi connectivity index (χ2n) is 7.17. The van der Waals surface area contributed by atoms with E-state index in [0.29, 0.717) is 12.5 Å². The minimum atomic E-state index is -0.178. The van der Waals surface area contributed by atoms with E-state index in [1.807, 2.05) is 0 Å². The fourth-order valence-corrected chi connectivity index (χ4v) is 5.06. The average molecular weight is 265 g/mol. The molecule has 0 saturated heterocycles. The highest BCUT2D eigenvalue weighted by atomic mass is 16.5. The minimum Gasteiger partial charge on any atom is -0.450 e. The van der Waals surface area contributed by atoms with Crippen molar-refractivity contribution in [2.45, 2.75) is 64.3 Å². The third kappa shape index (κ3) is 2.36. The minimum absolute atomic E-state index is 0.0536. The zero-order valence-electron chi connectivity index (χ0n) is 12.3. The smallest absolute Gasteiger partial charge is 0.407 e. The third-order valence-corrected chi connectivity index (χ3v) is 5.91. The van der Waals surface area contributed by atoms with Gasteiger partial charge in [-0.25, -0.2) is 4.79 Å². The summed E-state index contributed by atoms with van der Waals surface area (Å²) in [5, 5.41) is 3.27. The number of hydrogen-bond acceptors (Lipinski definition) is 2. The van der Waals surface area contributed by atoms with Gasteiger partial charge in [-0.2, -0.15) is 0 Å². The fourth-order valence-electron chi connectivity index (χ4n) is 5.06. The molecular formula is C16H27NO2. The molecule has 3 unspecified atom stereocenters. The Kier molecular flexibility index (Phi) is 3.48. The van der Waals surface area contributed by atoms with Crippen molar-refractivity contribution < 1.29 is 9.53 Å². The number of carbonyl (C=O) groups is 1. The van der Waals surface area contributed by atoms with E-state index in [9.17, 15) is 4.79 Å². The molecule has 0 aromatic rings. The van der Waals surface area contributed by atoms with Crippen LogP contribution < -0.4 is 5.32 Å². The number of rotatable bonds is 4. The summed E-state index contributed by atoms with van der Waals surface area (Å²) in [4.78, 5) is 12.0. The maximum absolute atomic E-state index is 12.0. The molecule has 0 aromatic heterocycles.